The van der Waals surface area contributed by atoms with Gasteiger partial charge in [-0.3, -0.25) is 0 Å². The smallest absolute Gasteiger partial charge is 0.340 e. The van der Waals surface area contributed by atoms with E-state index in [1.54, 1.807) is 0 Å². The van der Waals surface area contributed by atoms with Gasteiger partial charge in [-0.15, -0.1) is 0 Å². The molecule has 0 aliphatic rings. The van der Waals surface area contributed by atoms with Gasteiger partial charge in [0, 0.05) is 5.69 Å². The number of hydrogen-bond donors (Lipinski definition) is 1. The van der Waals surface area contributed by atoms with E-state index < -0.39 is 17.6 Å². The quantitative estimate of drug-likeness (QED) is 0.566. The Balaban J connectivity index is 2.33. The number of aromatic nitrogens is 1. The summed E-state index contributed by atoms with van der Waals surface area (Å²) in [6.45, 7) is 0. The lowest BCUT2D eigenvalue weighted by Gasteiger charge is -2.11. The van der Waals surface area contributed by atoms with Crippen molar-refractivity contribution in [2.24, 2.45) is 0 Å². The van der Waals surface area contributed by atoms with Gasteiger partial charge in [0.15, 0.2) is 0 Å². The van der Waals surface area contributed by atoms with E-state index in [1.807, 2.05) is 0 Å². The van der Waals surface area contributed by atoms with Gasteiger partial charge in [0.25, 0.3) is 0 Å². The number of pyridine rings is 1. The van der Waals surface area contributed by atoms with Crippen LogP contribution < -0.4 is 5.32 Å². The van der Waals surface area contributed by atoms with E-state index in [0.29, 0.717) is 0 Å². The largest absolute Gasteiger partial charge is 0.416 e. The molecular formula is C12H6BrClF4N2. The zero-order valence-corrected chi connectivity index (χ0v) is 11.9. The molecule has 0 saturated heterocycles. The number of halogens is 6. The van der Waals surface area contributed by atoms with Crippen LogP contribution in [0.25, 0.3) is 0 Å². The fourth-order valence-corrected chi connectivity index (χ4v) is 1.90. The SMILES string of the molecule is Fc1cc(Nc2cc(C(F)(F)F)cc(Cl)n2)ccc1Br. The van der Waals surface area contributed by atoms with Crippen molar-refractivity contribution in [3.05, 3.63) is 51.3 Å². The molecule has 2 rings (SSSR count). The van der Waals surface area contributed by atoms with Gasteiger partial charge < -0.3 is 5.32 Å². The number of nitrogens with one attached hydrogen (secondary N) is 1. The van der Waals surface area contributed by atoms with Crippen molar-refractivity contribution in [1.29, 1.82) is 0 Å². The minimum atomic E-state index is -4.53. The summed E-state index contributed by atoms with van der Waals surface area (Å²) >= 11 is 8.52. The first-order chi connectivity index (χ1) is 9.25. The van der Waals surface area contributed by atoms with Crippen LogP contribution in [0.1, 0.15) is 5.56 Å². The van der Waals surface area contributed by atoms with Gasteiger partial charge in [0.05, 0.1) is 10.0 Å². The monoisotopic (exact) mass is 368 g/mol. The standard InChI is InChI=1S/C12H6BrClF4N2/c13-8-2-1-7(5-9(8)15)19-11-4-6(12(16,17)18)3-10(14)20-11/h1-5H,(H,19,20). The number of anilines is 2. The summed E-state index contributed by atoms with van der Waals surface area (Å²) in [5, 5.41) is 2.26. The lowest BCUT2D eigenvalue weighted by Crippen LogP contribution is -2.06. The van der Waals surface area contributed by atoms with E-state index in [0.717, 1.165) is 18.2 Å². The van der Waals surface area contributed by atoms with Crippen LogP contribution in [0.5, 0.6) is 0 Å². The van der Waals surface area contributed by atoms with Gasteiger partial charge in [-0.25, -0.2) is 9.37 Å². The molecule has 8 heteroatoms. The highest BCUT2D eigenvalue weighted by molar-refractivity contribution is 9.10. The Labute approximate surface area is 124 Å². The maximum atomic E-state index is 13.3. The highest BCUT2D eigenvalue weighted by Gasteiger charge is 2.31. The van der Waals surface area contributed by atoms with Gasteiger partial charge in [-0.2, -0.15) is 13.2 Å². The minimum Gasteiger partial charge on any atom is -0.340 e. The third kappa shape index (κ3) is 3.61. The molecule has 0 amide bonds. The van der Waals surface area contributed by atoms with Crippen LogP contribution in [-0.4, -0.2) is 4.98 Å². The molecule has 0 aliphatic carbocycles. The zero-order valence-electron chi connectivity index (χ0n) is 9.60. The van der Waals surface area contributed by atoms with Crippen LogP contribution >= 0.6 is 27.5 Å². The zero-order chi connectivity index (χ0) is 14.9. The topological polar surface area (TPSA) is 24.9 Å². The van der Waals surface area contributed by atoms with E-state index in [-0.39, 0.29) is 21.1 Å². The fraction of sp³-hybridized carbons (Fsp3) is 0.0833. The molecule has 1 aromatic carbocycles. The first-order valence-corrected chi connectivity index (χ1v) is 6.39. The van der Waals surface area contributed by atoms with Crippen LogP contribution in [0, 0.1) is 5.82 Å². The maximum Gasteiger partial charge on any atom is 0.416 e. The van der Waals surface area contributed by atoms with Crippen LogP contribution in [0.3, 0.4) is 0 Å². The highest BCUT2D eigenvalue weighted by Crippen LogP contribution is 2.32. The first kappa shape index (κ1) is 15.1. The number of alkyl halides is 3. The van der Waals surface area contributed by atoms with Crippen molar-refractivity contribution in [3.8, 4) is 0 Å². The Morgan fingerprint density at radius 1 is 1.15 bits per heavy atom. The predicted molar refractivity (Wildman–Crippen MR) is 71.6 cm³/mol. The first-order valence-electron chi connectivity index (χ1n) is 5.22. The molecule has 1 heterocycles. The third-order valence-corrected chi connectivity index (χ3v) is 3.15. The van der Waals surface area contributed by atoms with Crippen molar-refractivity contribution in [2.75, 3.05) is 5.32 Å². The van der Waals surface area contributed by atoms with E-state index >= 15 is 0 Å². The van der Waals surface area contributed by atoms with Gasteiger partial charge in [0.2, 0.25) is 0 Å². The molecule has 0 fully saturated rings. The molecule has 0 bridgehead atoms. The summed E-state index contributed by atoms with van der Waals surface area (Å²) in [6, 6.07) is 5.55. The van der Waals surface area contributed by atoms with Crippen molar-refractivity contribution in [3.63, 3.8) is 0 Å². The normalized spacial score (nSPS) is 11.5. The van der Waals surface area contributed by atoms with Crippen molar-refractivity contribution >= 4 is 39.0 Å². The van der Waals surface area contributed by atoms with E-state index in [1.165, 1.54) is 12.1 Å². The average molecular weight is 370 g/mol. The fourth-order valence-electron chi connectivity index (χ4n) is 1.45. The molecule has 20 heavy (non-hydrogen) atoms. The number of nitrogens with zero attached hydrogens (tertiary/aromatic N) is 1. The van der Waals surface area contributed by atoms with Crippen molar-refractivity contribution < 1.29 is 17.6 Å². The highest BCUT2D eigenvalue weighted by atomic mass is 79.9. The van der Waals surface area contributed by atoms with Gasteiger partial charge in [-0.1, -0.05) is 11.6 Å². The molecular weight excluding hydrogens is 363 g/mol. The molecule has 0 spiro atoms. The van der Waals surface area contributed by atoms with E-state index in [4.69, 9.17) is 11.6 Å². The number of hydrogen-bond acceptors (Lipinski definition) is 2. The summed E-state index contributed by atoms with van der Waals surface area (Å²) in [6.07, 6.45) is -4.53. The molecule has 0 saturated carbocycles. The van der Waals surface area contributed by atoms with Gasteiger partial charge in [0.1, 0.15) is 16.8 Å². The molecule has 0 radical (unpaired) electrons. The Hall–Kier alpha value is -1.34. The molecule has 106 valence electrons. The number of rotatable bonds is 2. The Bertz CT molecular complexity index is 646. The average Bonchev–Trinajstić information content (AvgIpc) is 2.32. The second kappa shape index (κ2) is 5.57. The van der Waals surface area contributed by atoms with Gasteiger partial charge in [-0.05, 0) is 46.3 Å². The van der Waals surface area contributed by atoms with Crippen molar-refractivity contribution in [2.45, 2.75) is 6.18 Å². The van der Waals surface area contributed by atoms with Crippen LogP contribution in [0.15, 0.2) is 34.8 Å². The Kier molecular flexibility index (Phi) is 4.19. The lowest BCUT2D eigenvalue weighted by atomic mass is 10.2. The van der Waals surface area contributed by atoms with Gasteiger partial charge >= 0.3 is 6.18 Å². The Morgan fingerprint density at radius 2 is 1.85 bits per heavy atom. The van der Waals surface area contributed by atoms with E-state index in [2.05, 4.69) is 26.2 Å². The summed E-state index contributed by atoms with van der Waals surface area (Å²) in [4.78, 5) is 3.71. The Morgan fingerprint density at radius 3 is 2.45 bits per heavy atom. The molecule has 2 nitrogen and oxygen atoms in total. The predicted octanol–water partition coefficient (Wildman–Crippen LogP) is 5.40. The molecule has 0 atom stereocenters. The summed E-state index contributed by atoms with van der Waals surface area (Å²) in [7, 11) is 0. The maximum absolute atomic E-state index is 13.3. The lowest BCUT2D eigenvalue weighted by molar-refractivity contribution is -0.137. The molecule has 2 aromatic rings. The van der Waals surface area contributed by atoms with Crippen LogP contribution in [0.2, 0.25) is 5.15 Å². The molecule has 1 aromatic heterocycles. The molecule has 0 unspecified atom stereocenters. The van der Waals surface area contributed by atoms with Crippen molar-refractivity contribution in [1.82, 2.24) is 4.98 Å². The summed E-state index contributed by atoms with van der Waals surface area (Å²) < 4.78 is 51.4. The third-order valence-electron chi connectivity index (χ3n) is 2.31. The minimum absolute atomic E-state index is 0.119. The molecule has 0 aliphatic heterocycles. The summed E-state index contributed by atoms with van der Waals surface area (Å²) in [5.74, 6) is -0.667. The second-order valence-electron chi connectivity index (χ2n) is 3.82. The number of benzene rings is 1. The summed E-state index contributed by atoms with van der Waals surface area (Å²) in [5.41, 5.74) is -0.675. The molecule has 1 N–H and O–H groups in total. The van der Waals surface area contributed by atoms with E-state index in [9.17, 15) is 17.6 Å². The van der Waals surface area contributed by atoms with Crippen LogP contribution in [0.4, 0.5) is 29.1 Å². The second-order valence-corrected chi connectivity index (χ2v) is 5.06. The van der Waals surface area contributed by atoms with Crippen LogP contribution in [-0.2, 0) is 6.18 Å².